The van der Waals surface area contributed by atoms with Crippen LogP contribution >= 0.6 is 23.4 Å². The zero-order valence-electron chi connectivity index (χ0n) is 11.7. The lowest BCUT2D eigenvalue weighted by atomic mass is 10.1. The van der Waals surface area contributed by atoms with Gasteiger partial charge in [-0.3, -0.25) is 4.79 Å². The molecule has 1 amide bonds. The Morgan fingerprint density at radius 3 is 2.95 bits per heavy atom. The molecule has 1 fully saturated rings. The third-order valence-electron chi connectivity index (χ3n) is 3.73. The van der Waals surface area contributed by atoms with Crippen molar-refractivity contribution in [2.24, 2.45) is 5.73 Å². The Bertz CT molecular complexity index is 481. The molecule has 0 aliphatic heterocycles. The average Bonchev–Trinajstić information content (AvgIpc) is 2.85. The molecule has 20 heavy (non-hydrogen) atoms. The van der Waals surface area contributed by atoms with Crippen LogP contribution in [0.3, 0.4) is 0 Å². The van der Waals surface area contributed by atoms with Crippen LogP contribution in [0.25, 0.3) is 0 Å². The van der Waals surface area contributed by atoms with Crippen LogP contribution in [0, 0.1) is 0 Å². The van der Waals surface area contributed by atoms with Crippen LogP contribution in [0.2, 0.25) is 5.02 Å². The molecule has 0 bridgehead atoms. The van der Waals surface area contributed by atoms with Gasteiger partial charge < -0.3 is 11.1 Å². The van der Waals surface area contributed by atoms with Crippen LogP contribution in [0.5, 0.6) is 0 Å². The Morgan fingerprint density at radius 2 is 2.30 bits per heavy atom. The summed E-state index contributed by atoms with van der Waals surface area (Å²) in [5.74, 6) is 0.721. The predicted octanol–water partition coefficient (Wildman–Crippen LogP) is 3.20. The molecule has 2 unspecified atom stereocenters. The number of amides is 1. The van der Waals surface area contributed by atoms with E-state index in [1.165, 1.54) is 19.3 Å². The van der Waals surface area contributed by atoms with Crippen molar-refractivity contribution < 1.29 is 4.79 Å². The van der Waals surface area contributed by atoms with Crippen LogP contribution in [0.15, 0.2) is 18.2 Å². The first kappa shape index (κ1) is 15.7. The second-order valence-corrected chi connectivity index (χ2v) is 7.01. The summed E-state index contributed by atoms with van der Waals surface area (Å²) in [5, 5.41) is 4.92. The van der Waals surface area contributed by atoms with Gasteiger partial charge in [-0.15, -0.1) is 0 Å². The number of carbonyl (C=O) groups is 1. The molecule has 110 valence electrons. The first-order chi connectivity index (χ1) is 9.61. The zero-order chi connectivity index (χ0) is 14.5. The van der Waals surface area contributed by atoms with Crippen LogP contribution in [0.1, 0.15) is 42.1 Å². The van der Waals surface area contributed by atoms with E-state index in [2.05, 4.69) is 12.2 Å². The Labute approximate surface area is 129 Å². The van der Waals surface area contributed by atoms with Crippen LogP contribution in [0.4, 0.5) is 0 Å². The molecule has 1 aliphatic rings. The molecule has 0 saturated heterocycles. The van der Waals surface area contributed by atoms with Gasteiger partial charge >= 0.3 is 0 Å². The SMILES string of the molecule is CCSC1CCCC1NCc1ccc(C(N)=O)cc1Cl. The van der Waals surface area contributed by atoms with E-state index in [-0.39, 0.29) is 0 Å². The van der Waals surface area contributed by atoms with Gasteiger partial charge in [0, 0.05) is 28.4 Å². The molecule has 3 nitrogen and oxygen atoms in total. The second-order valence-electron chi connectivity index (χ2n) is 5.08. The lowest BCUT2D eigenvalue weighted by molar-refractivity contribution is 0.100. The molecule has 0 spiro atoms. The van der Waals surface area contributed by atoms with Crippen LogP contribution < -0.4 is 11.1 Å². The van der Waals surface area contributed by atoms with Crippen molar-refractivity contribution >= 4 is 29.3 Å². The highest BCUT2D eigenvalue weighted by atomic mass is 35.5. The number of nitrogens with one attached hydrogen (secondary N) is 1. The number of primary amides is 1. The zero-order valence-corrected chi connectivity index (χ0v) is 13.3. The van der Waals surface area contributed by atoms with Crippen molar-refractivity contribution in [3.8, 4) is 0 Å². The fraction of sp³-hybridized carbons (Fsp3) is 0.533. The molecule has 1 aromatic carbocycles. The van der Waals surface area contributed by atoms with Gasteiger partial charge in [0.15, 0.2) is 0 Å². The van der Waals surface area contributed by atoms with E-state index in [4.69, 9.17) is 17.3 Å². The van der Waals surface area contributed by atoms with Gasteiger partial charge in [0.05, 0.1) is 0 Å². The highest BCUT2D eigenvalue weighted by Crippen LogP contribution is 2.30. The quantitative estimate of drug-likeness (QED) is 0.848. The summed E-state index contributed by atoms with van der Waals surface area (Å²) in [7, 11) is 0. The third-order valence-corrected chi connectivity index (χ3v) is 5.40. The number of benzene rings is 1. The van der Waals surface area contributed by atoms with Crippen LogP contribution in [-0.4, -0.2) is 23.0 Å². The van der Waals surface area contributed by atoms with Crippen molar-refractivity contribution in [1.29, 1.82) is 0 Å². The van der Waals surface area contributed by atoms with E-state index < -0.39 is 5.91 Å². The van der Waals surface area contributed by atoms with Crippen LogP contribution in [-0.2, 0) is 6.54 Å². The number of nitrogens with two attached hydrogens (primary N) is 1. The maximum atomic E-state index is 11.1. The van der Waals surface area contributed by atoms with E-state index >= 15 is 0 Å². The molecule has 0 radical (unpaired) electrons. The number of carbonyl (C=O) groups excluding carboxylic acids is 1. The summed E-state index contributed by atoms with van der Waals surface area (Å²) in [6.07, 6.45) is 3.82. The second kappa shape index (κ2) is 7.34. The molecule has 1 aliphatic carbocycles. The minimum absolute atomic E-state index is 0.443. The van der Waals surface area contributed by atoms with E-state index in [9.17, 15) is 4.79 Å². The van der Waals surface area contributed by atoms with E-state index in [0.717, 1.165) is 17.9 Å². The Balaban J connectivity index is 1.95. The number of hydrogen-bond donors (Lipinski definition) is 2. The molecule has 1 aromatic rings. The fourth-order valence-electron chi connectivity index (χ4n) is 2.66. The Morgan fingerprint density at radius 1 is 1.50 bits per heavy atom. The number of halogens is 1. The first-order valence-corrected chi connectivity index (χ1v) is 8.47. The summed E-state index contributed by atoms with van der Waals surface area (Å²) in [6, 6.07) is 5.82. The molecular weight excluding hydrogens is 292 g/mol. The first-order valence-electron chi connectivity index (χ1n) is 7.05. The highest BCUT2D eigenvalue weighted by Gasteiger charge is 2.26. The lowest BCUT2D eigenvalue weighted by Crippen LogP contribution is -2.33. The number of hydrogen-bond acceptors (Lipinski definition) is 3. The molecule has 2 atom stereocenters. The van der Waals surface area contributed by atoms with Gasteiger partial charge in [-0.25, -0.2) is 0 Å². The summed E-state index contributed by atoms with van der Waals surface area (Å²) in [6.45, 7) is 2.95. The minimum atomic E-state index is -0.443. The molecule has 2 rings (SSSR count). The third kappa shape index (κ3) is 3.90. The van der Waals surface area contributed by atoms with E-state index in [1.54, 1.807) is 12.1 Å². The van der Waals surface area contributed by atoms with Gasteiger partial charge in [0.2, 0.25) is 5.91 Å². The molecular formula is C15H21ClN2OS. The van der Waals surface area contributed by atoms with Gasteiger partial charge in [-0.2, -0.15) is 11.8 Å². The number of rotatable bonds is 6. The normalized spacial score (nSPS) is 22.1. The molecule has 0 aromatic heterocycles. The number of thioether (sulfide) groups is 1. The van der Waals surface area contributed by atoms with Crippen molar-refractivity contribution in [2.45, 2.75) is 44.0 Å². The minimum Gasteiger partial charge on any atom is -0.366 e. The van der Waals surface area contributed by atoms with E-state index in [0.29, 0.717) is 21.9 Å². The molecule has 1 saturated carbocycles. The van der Waals surface area contributed by atoms with Crippen molar-refractivity contribution in [1.82, 2.24) is 5.32 Å². The van der Waals surface area contributed by atoms with Gasteiger partial charge in [-0.1, -0.05) is 31.0 Å². The molecule has 3 N–H and O–H groups in total. The summed E-state index contributed by atoms with van der Waals surface area (Å²) in [4.78, 5) is 11.1. The van der Waals surface area contributed by atoms with Crippen molar-refractivity contribution in [3.05, 3.63) is 34.3 Å². The standard InChI is InChI=1S/C15H21ClN2OS/c1-2-20-14-5-3-4-13(14)18-9-11-7-6-10(15(17)19)8-12(11)16/h6-8,13-14,18H,2-5,9H2,1H3,(H2,17,19). The Hall–Kier alpha value is -0.710. The topological polar surface area (TPSA) is 55.1 Å². The monoisotopic (exact) mass is 312 g/mol. The predicted molar refractivity (Wildman–Crippen MR) is 86.4 cm³/mol. The summed E-state index contributed by atoms with van der Waals surface area (Å²) in [5.41, 5.74) is 6.72. The molecule has 0 heterocycles. The highest BCUT2D eigenvalue weighted by molar-refractivity contribution is 7.99. The summed E-state index contributed by atoms with van der Waals surface area (Å²) < 4.78 is 0. The van der Waals surface area contributed by atoms with Gasteiger partial charge in [-0.05, 0) is 36.3 Å². The van der Waals surface area contributed by atoms with E-state index in [1.807, 2.05) is 17.8 Å². The van der Waals surface area contributed by atoms with Gasteiger partial charge in [0.1, 0.15) is 0 Å². The fourth-order valence-corrected chi connectivity index (χ4v) is 4.13. The average molecular weight is 313 g/mol. The lowest BCUT2D eigenvalue weighted by Gasteiger charge is -2.20. The van der Waals surface area contributed by atoms with Gasteiger partial charge in [0.25, 0.3) is 0 Å². The maximum Gasteiger partial charge on any atom is 0.248 e. The van der Waals surface area contributed by atoms with Crippen molar-refractivity contribution in [3.63, 3.8) is 0 Å². The van der Waals surface area contributed by atoms with Crippen molar-refractivity contribution in [2.75, 3.05) is 5.75 Å². The summed E-state index contributed by atoms with van der Waals surface area (Å²) >= 11 is 8.24. The maximum absolute atomic E-state index is 11.1. The molecule has 5 heteroatoms. The Kier molecular flexibility index (Phi) is 5.75. The smallest absolute Gasteiger partial charge is 0.248 e. The largest absolute Gasteiger partial charge is 0.366 e.